The number of alkyl carbamates (subject to hydrolysis) is 1. The monoisotopic (exact) mass is 609 g/mol. The van der Waals surface area contributed by atoms with Crippen LogP contribution in [-0.2, 0) is 35.4 Å². The van der Waals surface area contributed by atoms with Gasteiger partial charge in [0.05, 0.1) is 18.1 Å². The number of sulfonamides is 1. The number of hydrogen-bond donors (Lipinski definition) is 2. The minimum atomic E-state index is -4.13. The van der Waals surface area contributed by atoms with Crippen LogP contribution in [0.5, 0.6) is 5.75 Å². The average molecular weight is 610 g/mol. The van der Waals surface area contributed by atoms with Crippen molar-refractivity contribution in [1.29, 1.82) is 0 Å². The van der Waals surface area contributed by atoms with Gasteiger partial charge in [-0.05, 0) is 62.1 Å². The Hall–Kier alpha value is -3.26. The number of benzene rings is 2. The summed E-state index contributed by atoms with van der Waals surface area (Å²) in [5, 5.41) is 5.41. The molecule has 2 aromatic carbocycles. The maximum absolute atomic E-state index is 13.8. The first kappa shape index (κ1) is 33.2. The van der Waals surface area contributed by atoms with Crippen LogP contribution in [0, 0.1) is 5.82 Å². The van der Waals surface area contributed by atoms with Gasteiger partial charge in [0.25, 0.3) is 0 Å². The van der Waals surface area contributed by atoms with Gasteiger partial charge < -0.3 is 29.6 Å². The van der Waals surface area contributed by atoms with Crippen LogP contribution in [0.2, 0.25) is 0 Å². The fourth-order valence-corrected chi connectivity index (χ4v) is 6.14. The highest BCUT2D eigenvalue weighted by Gasteiger charge is 2.37. The molecular formula is C29H40FN3O8S. The fourth-order valence-electron chi connectivity index (χ4n) is 4.53. The molecule has 0 bridgehead atoms. The lowest BCUT2D eigenvalue weighted by Crippen LogP contribution is -2.53. The number of piperidine rings is 1. The molecule has 1 heterocycles. The number of nitrogens with one attached hydrogen (secondary N) is 2. The second-order valence-corrected chi connectivity index (χ2v) is 11.9. The van der Waals surface area contributed by atoms with Crippen LogP contribution in [0.15, 0.2) is 53.4 Å². The quantitative estimate of drug-likeness (QED) is 0.294. The van der Waals surface area contributed by atoms with E-state index in [1.807, 2.05) is 0 Å². The molecule has 2 amide bonds. The van der Waals surface area contributed by atoms with Gasteiger partial charge in [-0.25, -0.2) is 17.6 Å². The van der Waals surface area contributed by atoms with E-state index in [-0.39, 0.29) is 36.9 Å². The van der Waals surface area contributed by atoms with Crippen LogP contribution in [-0.4, -0.2) is 83.6 Å². The van der Waals surface area contributed by atoms with Gasteiger partial charge in [-0.3, -0.25) is 4.79 Å². The number of halogens is 1. The summed E-state index contributed by atoms with van der Waals surface area (Å²) in [7, 11) is -0.990. The number of methoxy groups -OCH3 is 2. The zero-order valence-electron chi connectivity index (χ0n) is 24.2. The highest BCUT2D eigenvalue weighted by atomic mass is 32.2. The Morgan fingerprint density at radius 3 is 2.50 bits per heavy atom. The summed E-state index contributed by atoms with van der Waals surface area (Å²) in [5.41, 5.74) is 0.757. The minimum absolute atomic E-state index is 0.106. The molecule has 1 fully saturated rings. The van der Waals surface area contributed by atoms with Crippen LogP contribution in [0.25, 0.3) is 0 Å². The summed E-state index contributed by atoms with van der Waals surface area (Å²) in [5.74, 6) is -0.483. The van der Waals surface area contributed by atoms with Crippen molar-refractivity contribution < 1.29 is 41.3 Å². The zero-order chi connectivity index (χ0) is 30.5. The summed E-state index contributed by atoms with van der Waals surface area (Å²) in [6.45, 7) is 3.23. The molecule has 0 aromatic heterocycles. The molecular weight excluding hydrogens is 569 g/mol. The molecule has 3 atom stereocenters. The Balaban J connectivity index is 1.71. The van der Waals surface area contributed by atoms with Crippen molar-refractivity contribution >= 4 is 22.0 Å². The van der Waals surface area contributed by atoms with E-state index in [0.29, 0.717) is 31.8 Å². The topological polar surface area (TPSA) is 132 Å². The average Bonchev–Trinajstić information content (AvgIpc) is 2.96. The van der Waals surface area contributed by atoms with Crippen LogP contribution >= 0.6 is 0 Å². The van der Waals surface area contributed by atoms with E-state index < -0.39 is 40.1 Å². The van der Waals surface area contributed by atoms with Gasteiger partial charge in [0.15, 0.2) is 6.23 Å². The third kappa shape index (κ3) is 9.93. The number of amides is 2. The SMILES string of the molecule is COCCCOc1ccc(C[C@H](NC(=O)O[C@H]2CCCCN2S(=O)(=O)c2cccc(F)c2)C(=O)N[C@@H](C)COC)cc1. The van der Waals surface area contributed by atoms with E-state index in [4.69, 9.17) is 18.9 Å². The van der Waals surface area contributed by atoms with E-state index in [1.165, 1.54) is 19.2 Å². The molecule has 3 rings (SSSR count). The fraction of sp³-hybridized carbons (Fsp3) is 0.517. The van der Waals surface area contributed by atoms with Crippen molar-refractivity contribution in [3.8, 4) is 5.75 Å². The summed E-state index contributed by atoms with van der Waals surface area (Å²) in [6, 6.07) is 10.5. The molecule has 11 nitrogen and oxygen atoms in total. The van der Waals surface area contributed by atoms with Crippen molar-refractivity contribution in [2.45, 2.75) is 62.2 Å². The predicted octanol–water partition coefficient (Wildman–Crippen LogP) is 3.23. The summed E-state index contributed by atoms with van der Waals surface area (Å²) < 4.78 is 62.7. The highest BCUT2D eigenvalue weighted by Crippen LogP contribution is 2.26. The molecule has 0 unspecified atom stereocenters. The molecule has 1 aliphatic rings. The molecule has 1 saturated heterocycles. The van der Waals surface area contributed by atoms with E-state index in [2.05, 4.69) is 10.6 Å². The number of rotatable bonds is 15. The summed E-state index contributed by atoms with van der Waals surface area (Å²) in [4.78, 5) is 26.0. The third-order valence-electron chi connectivity index (χ3n) is 6.59. The van der Waals surface area contributed by atoms with Crippen molar-refractivity contribution in [2.75, 3.05) is 40.6 Å². The van der Waals surface area contributed by atoms with Crippen LogP contribution in [0.1, 0.15) is 38.2 Å². The number of carbonyl (C=O) groups excluding carboxylic acids is 2. The highest BCUT2D eigenvalue weighted by molar-refractivity contribution is 7.89. The molecule has 13 heteroatoms. The zero-order valence-corrected chi connectivity index (χ0v) is 25.0. The molecule has 42 heavy (non-hydrogen) atoms. The van der Waals surface area contributed by atoms with Gasteiger partial charge in [-0.1, -0.05) is 18.2 Å². The van der Waals surface area contributed by atoms with E-state index >= 15 is 0 Å². The Morgan fingerprint density at radius 2 is 1.81 bits per heavy atom. The summed E-state index contributed by atoms with van der Waals surface area (Å²) in [6.07, 6.45) is 0.275. The molecule has 0 spiro atoms. The number of ether oxygens (including phenoxy) is 4. The smallest absolute Gasteiger partial charge is 0.409 e. The first-order chi connectivity index (χ1) is 20.1. The number of nitrogens with zero attached hydrogens (tertiary/aromatic N) is 1. The normalized spacial score (nSPS) is 17.2. The Bertz CT molecular complexity index is 1260. The molecule has 232 valence electrons. The number of carbonyl (C=O) groups is 2. The molecule has 2 N–H and O–H groups in total. The second kappa shape index (κ2) is 16.4. The predicted molar refractivity (Wildman–Crippen MR) is 153 cm³/mol. The van der Waals surface area contributed by atoms with Crippen molar-refractivity contribution in [3.63, 3.8) is 0 Å². The molecule has 0 radical (unpaired) electrons. The summed E-state index contributed by atoms with van der Waals surface area (Å²) >= 11 is 0. The van der Waals surface area contributed by atoms with E-state index in [0.717, 1.165) is 28.4 Å². The van der Waals surface area contributed by atoms with Gasteiger partial charge in [0, 0.05) is 46.3 Å². The van der Waals surface area contributed by atoms with Crippen molar-refractivity contribution in [1.82, 2.24) is 14.9 Å². The first-order valence-corrected chi connectivity index (χ1v) is 15.3. The Labute approximate surface area is 246 Å². The standard InChI is InChI=1S/C29H40FN3O8S/c1-21(20-39-3)31-28(34)26(18-22-11-13-24(14-12-22)40-17-7-16-38-2)32-29(35)41-27-10-4-5-15-33(27)42(36,37)25-9-6-8-23(30)19-25/h6,8-9,11-14,19,21,26-27H,4-5,7,10,15-18,20H2,1-3H3,(H,31,34)(H,32,35)/t21-,26-,27-/m0/s1. The molecule has 0 aliphatic carbocycles. The maximum atomic E-state index is 13.8. The maximum Gasteiger partial charge on any atom is 0.409 e. The van der Waals surface area contributed by atoms with Crippen molar-refractivity contribution in [2.24, 2.45) is 0 Å². The minimum Gasteiger partial charge on any atom is -0.494 e. The number of hydrogen-bond acceptors (Lipinski definition) is 8. The van der Waals surface area contributed by atoms with Gasteiger partial charge >= 0.3 is 6.09 Å². The second-order valence-electron chi connectivity index (χ2n) is 10.0. The molecule has 1 aliphatic heterocycles. The lowest BCUT2D eigenvalue weighted by atomic mass is 10.0. The molecule has 0 saturated carbocycles. The Morgan fingerprint density at radius 1 is 1.05 bits per heavy atom. The van der Waals surface area contributed by atoms with Gasteiger partial charge in [-0.15, -0.1) is 0 Å². The van der Waals surface area contributed by atoms with Crippen LogP contribution in [0.4, 0.5) is 9.18 Å². The lowest BCUT2D eigenvalue weighted by molar-refractivity contribution is -0.124. The lowest BCUT2D eigenvalue weighted by Gasteiger charge is -2.34. The van der Waals surface area contributed by atoms with Gasteiger partial charge in [0.1, 0.15) is 17.6 Å². The van der Waals surface area contributed by atoms with E-state index in [1.54, 1.807) is 38.3 Å². The van der Waals surface area contributed by atoms with Gasteiger partial charge in [-0.2, -0.15) is 4.31 Å². The third-order valence-corrected chi connectivity index (χ3v) is 8.47. The van der Waals surface area contributed by atoms with Crippen molar-refractivity contribution in [3.05, 3.63) is 59.9 Å². The first-order valence-electron chi connectivity index (χ1n) is 13.9. The molecule has 2 aromatic rings. The van der Waals surface area contributed by atoms with Gasteiger partial charge in [0.2, 0.25) is 15.9 Å². The largest absolute Gasteiger partial charge is 0.494 e. The van der Waals surface area contributed by atoms with E-state index in [9.17, 15) is 22.4 Å². The Kier molecular flexibility index (Phi) is 13.0. The van der Waals surface area contributed by atoms with Crippen LogP contribution < -0.4 is 15.4 Å². The van der Waals surface area contributed by atoms with Crippen LogP contribution in [0.3, 0.4) is 0 Å².